The van der Waals surface area contributed by atoms with Crippen molar-refractivity contribution in [2.24, 2.45) is 0 Å². The van der Waals surface area contributed by atoms with Gasteiger partial charge >= 0.3 is 11.9 Å². The van der Waals surface area contributed by atoms with E-state index in [4.69, 9.17) is 14.2 Å². The lowest BCUT2D eigenvalue weighted by atomic mass is 10.1. The third kappa shape index (κ3) is 38.8. The smallest absolute Gasteiger partial charge is 0.325 e. The Hall–Kier alpha value is -5.39. The number of carbonyl (C=O) groups is 5. The van der Waals surface area contributed by atoms with E-state index >= 15 is 0 Å². The third-order valence-corrected chi connectivity index (χ3v) is 4.42. The second-order valence-electron chi connectivity index (χ2n) is 9.93. The van der Waals surface area contributed by atoms with Gasteiger partial charge in [-0.3, -0.25) is 24.0 Å². The van der Waals surface area contributed by atoms with Crippen molar-refractivity contribution in [2.45, 2.75) is 80.1 Å². The van der Waals surface area contributed by atoms with E-state index in [1.165, 1.54) is 25.0 Å². The molecular formula is C39H59N3O8. The number of amides is 3. The summed E-state index contributed by atoms with van der Waals surface area (Å²) in [5.74, 6) is -1.96. The minimum atomic E-state index is -1.00. The molecule has 0 radical (unpaired) electrons. The van der Waals surface area contributed by atoms with Crippen LogP contribution >= 0.6 is 0 Å². The largest absolute Gasteiger partial charge is 0.460 e. The average Bonchev–Trinajstić information content (AvgIpc) is 3.11. The quantitative estimate of drug-likeness (QED) is 0.113. The molecule has 2 aromatic carbocycles. The molecule has 0 aromatic heterocycles. The molecule has 0 fully saturated rings. The van der Waals surface area contributed by atoms with Gasteiger partial charge in [0.1, 0.15) is 24.8 Å². The predicted molar refractivity (Wildman–Crippen MR) is 201 cm³/mol. The average molecular weight is 698 g/mol. The Bertz CT molecular complexity index is 1170. The fourth-order valence-electron chi connectivity index (χ4n) is 2.93. The van der Waals surface area contributed by atoms with Gasteiger partial charge in [-0.2, -0.15) is 0 Å². The first-order chi connectivity index (χ1) is 23.8. The maximum absolute atomic E-state index is 12.3. The molecule has 0 bridgehead atoms. The molecule has 0 aliphatic heterocycles. The fourth-order valence-corrected chi connectivity index (χ4v) is 2.93. The van der Waals surface area contributed by atoms with Gasteiger partial charge < -0.3 is 30.2 Å². The monoisotopic (exact) mass is 697 g/mol. The van der Waals surface area contributed by atoms with E-state index in [9.17, 15) is 24.0 Å². The molecule has 2 rings (SSSR count). The van der Waals surface area contributed by atoms with Gasteiger partial charge in [-0.05, 0) is 31.9 Å². The zero-order valence-electron chi connectivity index (χ0n) is 31.3. The number of hydrogen-bond donors (Lipinski definition) is 3. The minimum Gasteiger partial charge on any atom is -0.460 e. The second-order valence-corrected chi connectivity index (χ2v) is 9.93. The van der Waals surface area contributed by atoms with Gasteiger partial charge in [0.2, 0.25) is 18.2 Å². The highest BCUT2D eigenvalue weighted by molar-refractivity contribution is 5.91. The highest BCUT2D eigenvalue weighted by Gasteiger charge is 2.23. The van der Waals surface area contributed by atoms with Crippen LogP contribution in [0.25, 0.3) is 0 Å². The topological polar surface area (TPSA) is 149 Å². The maximum Gasteiger partial charge on any atom is 0.325 e. The number of rotatable bonds is 12. The van der Waals surface area contributed by atoms with Crippen molar-refractivity contribution in [1.82, 2.24) is 16.0 Å². The SMILES string of the molecule is C#C.C#C.C=CCOC(=O)CNC(=O)[C@@H](NC(=O)CNC=O)c1ccccc1.CC.CC(=O)OC(C)(C)C.CCC.COCc1ccccc1. The second kappa shape index (κ2) is 39.8. The van der Waals surface area contributed by atoms with Crippen molar-refractivity contribution in [3.05, 3.63) is 84.4 Å². The first-order valence-electron chi connectivity index (χ1n) is 15.8. The molecular weight excluding hydrogens is 638 g/mol. The van der Waals surface area contributed by atoms with E-state index in [-0.39, 0.29) is 31.3 Å². The fraction of sp³-hybridized carbons (Fsp3) is 0.410. The Kier molecular flexibility index (Phi) is 43.0. The molecule has 0 spiro atoms. The molecule has 3 N–H and O–H groups in total. The van der Waals surface area contributed by atoms with Gasteiger partial charge in [0.25, 0.3) is 0 Å². The van der Waals surface area contributed by atoms with Crippen LogP contribution in [0.5, 0.6) is 0 Å². The zero-order valence-corrected chi connectivity index (χ0v) is 31.3. The summed E-state index contributed by atoms with van der Waals surface area (Å²) in [6, 6.07) is 17.6. The van der Waals surface area contributed by atoms with Crippen molar-refractivity contribution in [1.29, 1.82) is 0 Å². The van der Waals surface area contributed by atoms with E-state index < -0.39 is 23.8 Å². The number of ether oxygens (including phenoxy) is 3. The molecule has 0 saturated heterocycles. The molecule has 11 nitrogen and oxygen atoms in total. The molecule has 3 amide bonds. The number of benzene rings is 2. The lowest BCUT2D eigenvalue weighted by molar-refractivity contribution is -0.152. The maximum atomic E-state index is 12.3. The van der Waals surface area contributed by atoms with E-state index in [0.717, 1.165) is 0 Å². The van der Waals surface area contributed by atoms with Crippen LogP contribution in [0, 0.1) is 25.7 Å². The van der Waals surface area contributed by atoms with Gasteiger partial charge in [0.05, 0.1) is 13.2 Å². The Morgan fingerprint density at radius 3 is 1.74 bits per heavy atom. The normalized spacial score (nSPS) is 9.22. The highest BCUT2D eigenvalue weighted by atomic mass is 16.6. The van der Waals surface area contributed by atoms with Crippen molar-refractivity contribution in [3.63, 3.8) is 0 Å². The van der Waals surface area contributed by atoms with Crippen LogP contribution in [0.1, 0.15) is 79.0 Å². The first kappa shape index (κ1) is 54.1. The number of methoxy groups -OCH3 is 1. The summed E-state index contributed by atoms with van der Waals surface area (Å²) >= 11 is 0. The van der Waals surface area contributed by atoms with Crippen LogP contribution < -0.4 is 16.0 Å². The van der Waals surface area contributed by atoms with Crippen LogP contribution in [0.15, 0.2) is 73.3 Å². The molecule has 11 heteroatoms. The summed E-state index contributed by atoms with van der Waals surface area (Å²) in [4.78, 5) is 55.9. The van der Waals surface area contributed by atoms with Crippen LogP contribution in [-0.2, 0) is 44.8 Å². The summed E-state index contributed by atoms with van der Waals surface area (Å²) < 4.78 is 14.5. The van der Waals surface area contributed by atoms with Crippen molar-refractivity contribution >= 4 is 30.2 Å². The summed E-state index contributed by atoms with van der Waals surface area (Å²) in [7, 11) is 1.70. The summed E-state index contributed by atoms with van der Waals surface area (Å²) in [6.07, 6.45) is 19.0. The number of nitrogens with one attached hydrogen (secondary N) is 3. The van der Waals surface area contributed by atoms with Crippen molar-refractivity contribution in [3.8, 4) is 25.7 Å². The van der Waals surface area contributed by atoms with Crippen LogP contribution in [0.4, 0.5) is 0 Å². The molecule has 0 aliphatic carbocycles. The summed E-state index contributed by atoms with van der Waals surface area (Å²) in [5.41, 5.74) is 1.43. The predicted octanol–water partition coefficient (Wildman–Crippen LogP) is 5.56. The van der Waals surface area contributed by atoms with Crippen LogP contribution in [-0.4, -0.2) is 62.6 Å². The van der Waals surface area contributed by atoms with Gasteiger partial charge in [0.15, 0.2) is 0 Å². The summed E-state index contributed by atoms with van der Waals surface area (Å²) in [5, 5.41) is 7.10. The van der Waals surface area contributed by atoms with Crippen molar-refractivity contribution < 1.29 is 38.2 Å². The molecule has 1 atom stereocenters. The number of hydrogen-bond acceptors (Lipinski definition) is 8. The molecule has 50 heavy (non-hydrogen) atoms. The Balaban J connectivity index is -0.000000212. The molecule has 2 aromatic rings. The van der Waals surface area contributed by atoms with E-state index in [2.05, 4.69) is 62.1 Å². The zero-order chi connectivity index (χ0) is 39.8. The Morgan fingerprint density at radius 1 is 0.880 bits per heavy atom. The molecule has 278 valence electrons. The van der Waals surface area contributed by atoms with Gasteiger partial charge in [0, 0.05) is 14.0 Å². The van der Waals surface area contributed by atoms with Gasteiger partial charge in [-0.1, -0.05) is 107 Å². The lowest BCUT2D eigenvalue weighted by Gasteiger charge is -2.18. The van der Waals surface area contributed by atoms with Crippen LogP contribution in [0.2, 0.25) is 0 Å². The molecule has 0 aliphatic rings. The molecule has 0 heterocycles. The van der Waals surface area contributed by atoms with E-state index in [1.54, 1.807) is 37.4 Å². The first-order valence-corrected chi connectivity index (χ1v) is 15.8. The van der Waals surface area contributed by atoms with Crippen LogP contribution in [0.3, 0.4) is 0 Å². The van der Waals surface area contributed by atoms with E-state index in [0.29, 0.717) is 18.6 Å². The molecule has 0 unspecified atom stereocenters. The highest BCUT2D eigenvalue weighted by Crippen LogP contribution is 2.12. The Morgan fingerprint density at radius 2 is 1.36 bits per heavy atom. The number of esters is 2. The lowest BCUT2D eigenvalue weighted by Crippen LogP contribution is -2.44. The Labute approximate surface area is 300 Å². The number of carbonyl (C=O) groups excluding carboxylic acids is 5. The van der Waals surface area contributed by atoms with Crippen molar-refractivity contribution in [2.75, 3.05) is 26.8 Å². The third-order valence-electron chi connectivity index (χ3n) is 4.42. The van der Waals surface area contributed by atoms with E-state index in [1.807, 2.05) is 65.0 Å². The number of terminal acetylenes is 2. The molecule has 0 saturated carbocycles. The summed E-state index contributed by atoms with van der Waals surface area (Å²) in [6.45, 7) is 18.8. The minimum absolute atomic E-state index is 0.0465. The standard InChI is InChI=1S/C16H19N3O5.C8H10O.C6H12O2.C3H8.C2H6.2C2H2/c1-2-8-24-14(22)10-18-16(23)15(12-6-4-3-5-7-12)19-13(21)9-17-11-20;1-9-7-8-5-3-2-4-6-8;1-5(7)8-6(2,3)4;1-3-2;3*1-2/h2-7,11,15H,1,8-10H2,(H,17,20)(H,18,23)(H,19,21);2-6H,7H2,1H3;1-4H3;3H2,1-2H3;1-2H3;2*1-2H/t15-;;;;;;/m0....../s1. The van der Waals surface area contributed by atoms with Gasteiger partial charge in [-0.15, -0.1) is 25.7 Å². The van der Waals surface area contributed by atoms with Gasteiger partial charge in [-0.25, -0.2) is 0 Å².